The van der Waals surface area contributed by atoms with E-state index >= 15 is 0 Å². The second-order valence-electron chi connectivity index (χ2n) is 2.77. The summed E-state index contributed by atoms with van der Waals surface area (Å²) >= 11 is 5.87. The molecule has 0 radical (unpaired) electrons. The van der Waals surface area contributed by atoms with E-state index < -0.39 is 0 Å². The first kappa shape index (κ1) is 7.32. The zero-order valence-electron chi connectivity index (χ0n) is 5.78. The quantitative estimate of drug-likeness (QED) is 0.409. The molecule has 54 valence electrons. The van der Waals surface area contributed by atoms with Gasteiger partial charge in [-0.3, -0.25) is 5.32 Å². The second-order valence-corrected chi connectivity index (χ2v) is 3.21. The number of morpholine rings is 1. The third-order valence-electron chi connectivity index (χ3n) is 1.51. The highest BCUT2D eigenvalue weighted by Gasteiger charge is 2.31. The van der Waals surface area contributed by atoms with E-state index in [1.165, 1.54) is 0 Å². The van der Waals surface area contributed by atoms with Crippen LogP contribution in [-0.2, 0) is 4.74 Å². The maximum Gasteiger partial charge on any atom is 0.111 e. The van der Waals surface area contributed by atoms with Crippen molar-refractivity contribution < 1.29 is 4.74 Å². The van der Waals surface area contributed by atoms with Gasteiger partial charge in [0.05, 0.1) is 12.2 Å². The van der Waals surface area contributed by atoms with Crippen LogP contribution in [0.25, 0.3) is 0 Å². The average molecular weight is 150 g/mol. The molecule has 1 aliphatic heterocycles. The van der Waals surface area contributed by atoms with Crippen molar-refractivity contribution in [3.63, 3.8) is 0 Å². The lowest BCUT2D eigenvalue weighted by atomic mass is 10.1. The fraction of sp³-hybridized carbons (Fsp3) is 1.00. The van der Waals surface area contributed by atoms with Crippen molar-refractivity contribution in [2.24, 2.45) is 0 Å². The smallest absolute Gasteiger partial charge is 0.111 e. The molecule has 1 fully saturated rings. The summed E-state index contributed by atoms with van der Waals surface area (Å²) in [7, 11) is 0. The van der Waals surface area contributed by atoms with Crippen LogP contribution in [0.4, 0.5) is 0 Å². The summed E-state index contributed by atoms with van der Waals surface area (Å²) < 4.78 is 5.38. The van der Waals surface area contributed by atoms with Crippen LogP contribution < -0.4 is 5.32 Å². The SMILES string of the molecule is CC1(C)OCCNC1Cl. The van der Waals surface area contributed by atoms with Crippen LogP contribution in [0, 0.1) is 0 Å². The Morgan fingerprint density at radius 2 is 2.33 bits per heavy atom. The summed E-state index contributed by atoms with van der Waals surface area (Å²) in [5.41, 5.74) is -0.258. The summed E-state index contributed by atoms with van der Waals surface area (Å²) in [6.07, 6.45) is 0. The molecule has 1 atom stereocenters. The lowest BCUT2D eigenvalue weighted by molar-refractivity contribution is -0.0500. The minimum absolute atomic E-state index is 0.0498. The molecule has 0 bridgehead atoms. The van der Waals surface area contributed by atoms with E-state index in [0.717, 1.165) is 13.2 Å². The monoisotopic (exact) mass is 149 g/mol. The van der Waals surface area contributed by atoms with Crippen LogP contribution in [0.3, 0.4) is 0 Å². The molecule has 0 saturated carbocycles. The van der Waals surface area contributed by atoms with Gasteiger partial charge in [0.1, 0.15) is 5.50 Å². The molecule has 0 aliphatic carbocycles. The van der Waals surface area contributed by atoms with Crippen molar-refractivity contribution >= 4 is 11.6 Å². The zero-order valence-corrected chi connectivity index (χ0v) is 6.53. The van der Waals surface area contributed by atoms with Crippen LogP contribution in [0.1, 0.15) is 13.8 Å². The highest BCUT2D eigenvalue weighted by molar-refractivity contribution is 6.21. The number of alkyl halides is 1. The van der Waals surface area contributed by atoms with Gasteiger partial charge in [0.15, 0.2) is 0 Å². The standard InChI is InChI=1S/C6H12ClNO/c1-6(2)5(7)8-3-4-9-6/h5,8H,3-4H2,1-2H3. The molecule has 9 heavy (non-hydrogen) atoms. The van der Waals surface area contributed by atoms with Gasteiger partial charge in [0.25, 0.3) is 0 Å². The molecular formula is C6H12ClNO. The van der Waals surface area contributed by atoms with Crippen LogP contribution >= 0.6 is 11.6 Å². The van der Waals surface area contributed by atoms with Crippen LogP contribution in [0.5, 0.6) is 0 Å². The molecule has 1 saturated heterocycles. The first-order valence-corrected chi connectivity index (χ1v) is 3.58. The summed E-state index contributed by atoms with van der Waals surface area (Å²) in [6, 6.07) is 0. The maximum atomic E-state index is 5.87. The molecule has 0 aromatic rings. The van der Waals surface area contributed by atoms with Gasteiger partial charge in [-0.05, 0) is 13.8 Å². The van der Waals surface area contributed by atoms with E-state index in [1.807, 2.05) is 13.8 Å². The Hall–Kier alpha value is 0.210. The number of halogens is 1. The predicted octanol–water partition coefficient (Wildman–Crippen LogP) is 0.950. The first-order valence-electron chi connectivity index (χ1n) is 3.14. The third-order valence-corrected chi connectivity index (χ3v) is 2.19. The number of hydrogen-bond acceptors (Lipinski definition) is 2. The molecule has 2 nitrogen and oxygen atoms in total. The molecule has 0 aromatic carbocycles. The molecule has 1 unspecified atom stereocenters. The number of ether oxygens (including phenoxy) is 1. The lowest BCUT2D eigenvalue weighted by Gasteiger charge is -2.35. The normalized spacial score (nSPS) is 34.3. The van der Waals surface area contributed by atoms with Crippen molar-refractivity contribution in [2.75, 3.05) is 13.2 Å². The minimum atomic E-state index is -0.209. The van der Waals surface area contributed by atoms with Gasteiger partial charge < -0.3 is 4.74 Å². The van der Waals surface area contributed by atoms with Gasteiger partial charge in [-0.15, -0.1) is 11.6 Å². The second kappa shape index (κ2) is 2.45. The molecule has 0 amide bonds. The van der Waals surface area contributed by atoms with E-state index in [0.29, 0.717) is 0 Å². The Balaban J connectivity index is 2.49. The summed E-state index contributed by atoms with van der Waals surface area (Å²) in [5, 5.41) is 3.11. The van der Waals surface area contributed by atoms with Gasteiger partial charge in [0, 0.05) is 6.54 Å². The fourth-order valence-corrected chi connectivity index (χ4v) is 0.991. The van der Waals surface area contributed by atoms with Gasteiger partial charge >= 0.3 is 0 Å². The van der Waals surface area contributed by atoms with Crippen LogP contribution in [0.2, 0.25) is 0 Å². The van der Waals surface area contributed by atoms with Gasteiger partial charge in [-0.2, -0.15) is 0 Å². The van der Waals surface area contributed by atoms with E-state index in [4.69, 9.17) is 16.3 Å². The Labute approximate surface area is 60.5 Å². The summed E-state index contributed by atoms with van der Waals surface area (Å²) in [6.45, 7) is 5.58. The molecular weight excluding hydrogens is 138 g/mol. The topological polar surface area (TPSA) is 21.3 Å². The molecule has 0 aromatic heterocycles. The molecule has 1 heterocycles. The number of rotatable bonds is 0. The van der Waals surface area contributed by atoms with Crippen molar-refractivity contribution in [2.45, 2.75) is 24.9 Å². The molecule has 1 N–H and O–H groups in total. The first-order chi connectivity index (χ1) is 4.13. The van der Waals surface area contributed by atoms with Crippen LogP contribution in [0.15, 0.2) is 0 Å². The highest BCUT2D eigenvalue weighted by atomic mass is 35.5. The zero-order chi connectivity index (χ0) is 6.91. The highest BCUT2D eigenvalue weighted by Crippen LogP contribution is 2.20. The summed E-state index contributed by atoms with van der Waals surface area (Å²) in [5.74, 6) is 0. The Morgan fingerprint density at radius 1 is 1.67 bits per heavy atom. The number of hydrogen-bond donors (Lipinski definition) is 1. The van der Waals surface area contributed by atoms with Gasteiger partial charge in [-0.25, -0.2) is 0 Å². The Bertz CT molecular complexity index is 105. The lowest BCUT2D eigenvalue weighted by Crippen LogP contribution is -2.51. The molecule has 3 heteroatoms. The largest absolute Gasteiger partial charge is 0.371 e. The molecule has 1 aliphatic rings. The van der Waals surface area contributed by atoms with Crippen molar-refractivity contribution in [3.05, 3.63) is 0 Å². The maximum absolute atomic E-state index is 5.87. The minimum Gasteiger partial charge on any atom is -0.371 e. The van der Waals surface area contributed by atoms with Gasteiger partial charge in [-0.1, -0.05) is 0 Å². The van der Waals surface area contributed by atoms with E-state index in [9.17, 15) is 0 Å². The molecule has 1 rings (SSSR count). The van der Waals surface area contributed by atoms with E-state index in [2.05, 4.69) is 5.32 Å². The van der Waals surface area contributed by atoms with Crippen molar-refractivity contribution in [1.82, 2.24) is 5.32 Å². The Kier molecular flexibility index (Phi) is 1.99. The van der Waals surface area contributed by atoms with Gasteiger partial charge in [0.2, 0.25) is 0 Å². The number of nitrogens with one attached hydrogen (secondary N) is 1. The summed E-state index contributed by atoms with van der Waals surface area (Å²) in [4.78, 5) is 0. The van der Waals surface area contributed by atoms with E-state index in [1.54, 1.807) is 0 Å². The van der Waals surface area contributed by atoms with Crippen molar-refractivity contribution in [3.8, 4) is 0 Å². The van der Waals surface area contributed by atoms with E-state index in [-0.39, 0.29) is 11.1 Å². The fourth-order valence-electron chi connectivity index (χ4n) is 0.819. The molecule has 0 spiro atoms. The Morgan fingerprint density at radius 3 is 2.67 bits per heavy atom. The predicted molar refractivity (Wildman–Crippen MR) is 37.7 cm³/mol. The van der Waals surface area contributed by atoms with Crippen LogP contribution in [-0.4, -0.2) is 24.3 Å². The third kappa shape index (κ3) is 1.57. The average Bonchev–Trinajstić information content (AvgIpc) is 1.77. The van der Waals surface area contributed by atoms with Crippen molar-refractivity contribution in [1.29, 1.82) is 0 Å².